The minimum atomic E-state index is 0.575. The van der Waals surface area contributed by atoms with E-state index in [1.165, 1.54) is 11.1 Å². The fourth-order valence-electron chi connectivity index (χ4n) is 2.11. The Hall–Kier alpha value is -0.680. The van der Waals surface area contributed by atoms with Crippen LogP contribution in [0.15, 0.2) is 51.4 Å². The molecule has 0 saturated carbocycles. The van der Waals surface area contributed by atoms with Gasteiger partial charge in [-0.1, -0.05) is 62.2 Å². The predicted molar refractivity (Wildman–Crippen MR) is 91.3 cm³/mol. The Bertz CT molecular complexity index is 584. The molecule has 0 radical (unpaired) electrons. The molecule has 2 rings (SSSR count). The zero-order valence-electron chi connectivity index (χ0n) is 11.4. The topological polar surface area (TPSA) is 29.3 Å². The van der Waals surface area contributed by atoms with Gasteiger partial charge in [-0.15, -0.1) is 0 Å². The maximum absolute atomic E-state index is 5.65. The first-order valence-electron chi connectivity index (χ1n) is 6.49. The molecular weight excluding hydrogens is 380 g/mol. The molecule has 2 nitrogen and oxygen atoms in total. The highest BCUT2D eigenvalue weighted by Crippen LogP contribution is 2.22. The molecule has 0 aliphatic rings. The third kappa shape index (κ3) is 4.16. The van der Waals surface area contributed by atoms with E-state index in [1.54, 1.807) is 0 Å². The predicted octanol–water partition coefficient (Wildman–Crippen LogP) is 4.30. The quantitative estimate of drug-likeness (QED) is 0.814. The van der Waals surface area contributed by atoms with Gasteiger partial charge in [-0.05, 0) is 35.9 Å². The summed E-state index contributed by atoms with van der Waals surface area (Å²) < 4.78 is 2.28. The Kier molecular flexibility index (Phi) is 5.78. The van der Waals surface area contributed by atoms with E-state index in [2.05, 4.69) is 80.2 Å². The van der Waals surface area contributed by atoms with Crippen LogP contribution in [-0.2, 0) is 19.6 Å². The maximum Gasteiger partial charge on any atom is 0.0245 e. The second-order valence-corrected chi connectivity index (χ2v) is 6.60. The van der Waals surface area contributed by atoms with E-state index in [0.717, 1.165) is 27.6 Å². The maximum atomic E-state index is 5.65. The van der Waals surface area contributed by atoms with Crippen LogP contribution in [0.3, 0.4) is 0 Å². The highest BCUT2D eigenvalue weighted by atomic mass is 79.9. The molecule has 0 aliphatic heterocycles. The van der Waals surface area contributed by atoms with E-state index in [9.17, 15) is 0 Å². The smallest absolute Gasteiger partial charge is 0.0245 e. The number of hydrogen-bond donors (Lipinski definition) is 1. The number of nitrogens with two attached hydrogens (primary N) is 1. The lowest BCUT2D eigenvalue weighted by atomic mass is 10.1. The van der Waals surface area contributed by atoms with Crippen molar-refractivity contribution < 1.29 is 0 Å². The molecule has 20 heavy (non-hydrogen) atoms. The van der Waals surface area contributed by atoms with Gasteiger partial charge in [0.2, 0.25) is 0 Å². The SMILES string of the molecule is CN(Cc1ccccc1Br)Cc1ccc(CN)cc1Br. The van der Waals surface area contributed by atoms with Gasteiger partial charge in [0, 0.05) is 28.6 Å². The summed E-state index contributed by atoms with van der Waals surface area (Å²) in [4.78, 5) is 2.29. The van der Waals surface area contributed by atoms with Crippen molar-refractivity contribution in [1.82, 2.24) is 4.90 Å². The lowest BCUT2D eigenvalue weighted by Crippen LogP contribution is -2.17. The van der Waals surface area contributed by atoms with Crippen LogP contribution in [-0.4, -0.2) is 11.9 Å². The van der Waals surface area contributed by atoms with Gasteiger partial charge in [-0.2, -0.15) is 0 Å². The number of hydrogen-bond acceptors (Lipinski definition) is 2. The van der Waals surface area contributed by atoms with Crippen molar-refractivity contribution >= 4 is 31.9 Å². The van der Waals surface area contributed by atoms with E-state index < -0.39 is 0 Å². The Balaban J connectivity index is 2.05. The van der Waals surface area contributed by atoms with Gasteiger partial charge in [0.25, 0.3) is 0 Å². The molecule has 0 aromatic heterocycles. The molecule has 0 heterocycles. The number of nitrogens with zero attached hydrogens (tertiary/aromatic N) is 1. The molecule has 2 aromatic carbocycles. The third-order valence-electron chi connectivity index (χ3n) is 3.19. The zero-order chi connectivity index (χ0) is 14.5. The largest absolute Gasteiger partial charge is 0.326 e. The van der Waals surface area contributed by atoms with Crippen molar-refractivity contribution in [3.05, 3.63) is 68.1 Å². The number of rotatable bonds is 5. The monoisotopic (exact) mass is 396 g/mol. The van der Waals surface area contributed by atoms with Crippen LogP contribution in [0.5, 0.6) is 0 Å². The lowest BCUT2D eigenvalue weighted by molar-refractivity contribution is 0.318. The van der Waals surface area contributed by atoms with Crippen LogP contribution in [0.25, 0.3) is 0 Å². The normalized spacial score (nSPS) is 11.1. The molecule has 0 aliphatic carbocycles. The van der Waals surface area contributed by atoms with Gasteiger partial charge in [0.1, 0.15) is 0 Å². The standard InChI is InChI=1S/C16H18Br2N2/c1-20(10-13-4-2-3-5-15(13)17)11-14-7-6-12(9-19)8-16(14)18/h2-8H,9-11,19H2,1H3. The summed E-state index contributed by atoms with van der Waals surface area (Å²) in [5, 5.41) is 0. The Morgan fingerprint density at radius 1 is 0.950 bits per heavy atom. The van der Waals surface area contributed by atoms with Gasteiger partial charge in [-0.3, -0.25) is 4.90 Å². The molecule has 2 aromatic rings. The Labute approximate surface area is 137 Å². The summed E-state index contributed by atoms with van der Waals surface area (Å²) in [7, 11) is 2.13. The summed E-state index contributed by atoms with van der Waals surface area (Å²) >= 11 is 7.22. The second kappa shape index (κ2) is 7.36. The molecule has 0 saturated heterocycles. The molecule has 0 unspecified atom stereocenters. The molecule has 2 N–H and O–H groups in total. The zero-order valence-corrected chi connectivity index (χ0v) is 14.6. The highest BCUT2D eigenvalue weighted by molar-refractivity contribution is 9.10. The summed E-state index contributed by atoms with van der Waals surface area (Å²) in [6.07, 6.45) is 0. The van der Waals surface area contributed by atoms with Crippen LogP contribution in [0.2, 0.25) is 0 Å². The Morgan fingerprint density at radius 3 is 2.20 bits per heavy atom. The third-order valence-corrected chi connectivity index (χ3v) is 4.70. The first-order chi connectivity index (χ1) is 9.60. The van der Waals surface area contributed by atoms with E-state index in [-0.39, 0.29) is 0 Å². The fraction of sp³-hybridized carbons (Fsp3) is 0.250. The molecule has 106 valence electrons. The summed E-state index contributed by atoms with van der Waals surface area (Å²) in [6.45, 7) is 2.38. The van der Waals surface area contributed by atoms with Gasteiger partial charge in [0.15, 0.2) is 0 Å². The van der Waals surface area contributed by atoms with Crippen LogP contribution in [0, 0.1) is 0 Å². The number of halogens is 2. The molecular formula is C16H18Br2N2. The molecule has 0 fully saturated rings. The fourth-order valence-corrected chi connectivity index (χ4v) is 3.07. The van der Waals surface area contributed by atoms with Crippen molar-refractivity contribution in [3.63, 3.8) is 0 Å². The van der Waals surface area contributed by atoms with E-state index in [4.69, 9.17) is 5.73 Å². The Morgan fingerprint density at radius 2 is 1.60 bits per heavy atom. The summed E-state index contributed by atoms with van der Waals surface area (Å²) in [6, 6.07) is 14.7. The molecule has 0 amide bonds. The van der Waals surface area contributed by atoms with Crippen molar-refractivity contribution in [3.8, 4) is 0 Å². The van der Waals surface area contributed by atoms with Gasteiger partial charge < -0.3 is 5.73 Å². The van der Waals surface area contributed by atoms with Crippen molar-refractivity contribution in [1.29, 1.82) is 0 Å². The second-order valence-electron chi connectivity index (χ2n) is 4.89. The molecule has 4 heteroatoms. The average molecular weight is 398 g/mol. The first-order valence-corrected chi connectivity index (χ1v) is 8.08. The molecule has 0 bridgehead atoms. The van der Waals surface area contributed by atoms with E-state index >= 15 is 0 Å². The lowest BCUT2D eigenvalue weighted by Gasteiger charge is -2.19. The van der Waals surface area contributed by atoms with Crippen molar-refractivity contribution in [2.24, 2.45) is 5.73 Å². The van der Waals surface area contributed by atoms with Gasteiger partial charge in [0.05, 0.1) is 0 Å². The van der Waals surface area contributed by atoms with Crippen LogP contribution in [0.4, 0.5) is 0 Å². The van der Waals surface area contributed by atoms with Crippen molar-refractivity contribution in [2.75, 3.05) is 7.05 Å². The minimum Gasteiger partial charge on any atom is -0.326 e. The van der Waals surface area contributed by atoms with Gasteiger partial charge in [-0.25, -0.2) is 0 Å². The highest BCUT2D eigenvalue weighted by Gasteiger charge is 2.07. The van der Waals surface area contributed by atoms with Gasteiger partial charge >= 0.3 is 0 Å². The van der Waals surface area contributed by atoms with Crippen LogP contribution < -0.4 is 5.73 Å². The first kappa shape index (κ1) is 15.7. The number of benzene rings is 2. The minimum absolute atomic E-state index is 0.575. The summed E-state index contributed by atoms with van der Waals surface area (Å²) in [5.74, 6) is 0. The molecule has 0 spiro atoms. The summed E-state index contributed by atoms with van der Waals surface area (Å²) in [5.41, 5.74) is 9.37. The average Bonchev–Trinajstić information content (AvgIpc) is 2.43. The van der Waals surface area contributed by atoms with Crippen molar-refractivity contribution in [2.45, 2.75) is 19.6 Å². The van der Waals surface area contributed by atoms with Crippen LogP contribution >= 0.6 is 31.9 Å². The van der Waals surface area contributed by atoms with E-state index in [0.29, 0.717) is 6.54 Å². The van der Waals surface area contributed by atoms with E-state index in [1.807, 2.05) is 6.07 Å². The van der Waals surface area contributed by atoms with Crippen LogP contribution in [0.1, 0.15) is 16.7 Å². The molecule has 0 atom stereocenters.